The normalized spacial score (nSPS) is 11.8. The molecule has 3 rings (SSSR count). The van der Waals surface area contributed by atoms with Crippen LogP contribution in [0.15, 0.2) is 38.4 Å². The van der Waals surface area contributed by atoms with Gasteiger partial charge in [-0.3, -0.25) is 4.57 Å². The number of sulfonamides is 1. The van der Waals surface area contributed by atoms with Gasteiger partial charge in [0.2, 0.25) is 5.95 Å². The van der Waals surface area contributed by atoms with Crippen molar-refractivity contribution in [1.29, 1.82) is 0 Å². The molecule has 1 N–H and O–H groups in total. The highest BCUT2D eigenvalue weighted by Crippen LogP contribution is 2.20. The molecule has 8 nitrogen and oxygen atoms in total. The van der Waals surface area contributed by atoms with Gasteiger partial charge in [-0.15, -0.1) is 0 Å². The van der Waals surface area contributed by atoms with E-state index in [9.17, 15) is 13.2 Å². The lowest BCUT2D eigenvalue weighted by atomic mass is 10.3. The van der Waals surface area contributed by atoms with Crippen molar-refractivity contribution in [2.24, 2.45) is 0 Å². The van der Waals surface area contributed by atoms with Crippen LogP contribution in [0.4, 0.5) is 5.95 Å². The molecular weight excluding hydrogens is 332 g/mol. The van der Waals surface area contributed by atoms with Gasteiger partial charge in [0, 0.05) is 24.0 Å². The highest BCUT2D eigenvalue weighted by molar-refractivity contribution is 7.92. The van der Waals surface area contributed by atoms with Gasteiger partial charge in [0.25, 0.3) is 10.0 Å². The lowest BCUT2D eigenvalue weighted by molar-refractivity contribution is 0.512. The fraction of sp³-hybridized carbons (Fsp3) is 0.267. The first kappa shape index (κ1) is 16.2. The van der Waals surface area contributed by atoms with Crippen molar-refractivity contribution in [3.05, 3.63) is 46.2 Å². The van der Waals surface area contributed by atoms with Gasteiger partial charge in [0.15, 0.2) is 5.58 Å². The summed E-state index contributed by atoms with van der Waals surface area (Å²) in [5, 5.41) is 0. The minimum Gasteiger partial charge on any atom is -0.408 e. The Bertz CT molecular complexity index is 1060. The Morgan fingerprint density at radius 3 is 2.46 bits per heavy atom. The molecule has 0 radical (unpaired) electrons. The lowest BCUT2D eigenvalue weighted by Gasteiger charge is -2.08. The summed E-state index contributed by atoms with van der Waals surface area (Å²) in [6.45, 7) is 5.74. The van der Waals surface area contributed by atoms with Gasteiger partial charge in [-0.2, -0.15) is 0 Å². The zero-order valence-electron chi connectivity index (χ0n) is 13.4. The average molecular weight is 348 g/mol. The van der Waals surface area contributed by atoms with E-state index in [0.717, 1.165) is 0 Å². The fourth-order valence-electron chi connectivity index (χ4n) is 2.46. The Balaban J connectivity index is 2.03. The van der Waals surface area contributed by atoms with Gasteiger partial charge in [0.05, 0.1) is 10.4 Å². The van der Waals surface area contributed by atoms with E-state index in [-0.39, 0.29) is 16.4 Å². The molecule has 9 heteroatoms. The molecule has 0 atom stereocenters. The average Bonchev–Trinajstić information content (AvgIpc) is 2.79. The number of aryl methyl sites for hydroxylation is 3. The summed E-state index contributed by atoms with van der Waals surface area (Å²) in [7, 11) is -3.89. The first-order chi connectivity index (χ1) is 11.3. The summed E-state index contributed by atoms with van der Waals surface area (Å²) in [4.78, 5) is 19.8. The van der Waals surface area contributed by atoms with Crippen molar-refractivity contribution >= 4 is 27.1 Å². The van der Waals surface area contributed by atoms with Crippen LogP contribution in [-0.4, -0.2) is 23.0 Å². The summed E-state index contributed by atoms with van der Waals surface area (Å²) >= 11 is 0. The van der Waals surface area contributed by atoms with Gasteiger partial charge >= 0.3 is 5.76 Å². The van der Waals surface area contributed by atoms with Gasteiger partial charge in [-0.25, -0.2) is 27.9 Å². The van der Waals surface area contributed by atoms with Crippen LogP contribution in [0.3, 0.4) is 0 Å². The molecule has 24 heavy (non-hydrogen) atoms. The predicted molar refractivity (Wildman–Crippen MR) is 88.5 cm³/mol. The second kappa shape index (κ2) is 5.75. The van der Waals surface area contributed by atoms with Crippen LogP contribution in [0.25, 0.3) is 11.1 Å². The quantitative estimate of drug-likeness (QED) is 0.771. The predicted octanol–water partition coefficient (Wildman–Crippen LogP) is 1.82. The highest BCUT2D eigenvalue weighted by Gasteiger charge is 2.19. The van der Waals surface area contributed by atoms with E-state index in [1.54, 1.807) is 32.9 Å². The van der Waals surface area contributed by atoms with Crippen LogP contribution < -0.4 is 10.5 Å². The monoisotopic (exact) mass is 348 g/mol. The van der Waals surface area contributed by atoms with Gasteiger partial charge in [0.1, 0.15) is 0 Å². The molecule has 1 aromatic carbocycles. The van der Waals surface area contributed by atoms with Gasteiger partial charge < -0.3 is 4.42 Å². The number of hydrogen-bond acceptors (Lipinski definition) is 6. The summed E-state index contributed by atoms with van der Waals surface area (Å²) in [6, 6.07) is 6.01. The van der Waals surface area contributed by atoms with E-state index in [1.807, 2.05) is 0 Å². The molecule has 0 aliphatic carbocycles. The van der Waals surface area contributed by atoms with E-state index < -0.39 is 15.8 Å². The summed E-state index contributed by atoms with van der Waals surface area (Å²) in [5.41, 5.74) is 2.07. The SMILES string of the molecule is CCn1c(=O)oc2cc(S(=O)(=O)Nc3nc(C)cc(C)n3)ccc21. The molecule has 0 saturated carbocycles. The van der Waals surface area contributed by atoms with Crippen molar-refractivity contribution in [3.63, 3.8) is 0 Å². The van der Waals surface area contributed by atoms with E-state index >= 15 is 0 Å². The number of benzene rings is 1. The van der Waals surface area contributed by atoms with E-state index in [4.69, 9.17) is 4.42 Å². The molecule has 3 aromatic rings. The molecule has 0 amide bonds. The molecule has 0 saturated heterocycles. The first-order valence-corrected chi connectivity index (χ1v) is 8.77. The molecule has 0 aliphatic heterocycles. The molecule has 0 unspecified atom stereocenters. The first-order valence-electron chi connectivity index (χ1n) is 7.28. The largest absolute Gasteiger partial charge is 0.419 e. The van der Waals surface area contributed by atoms with Crippen LogP contribution in [0.1, 0.15) is 18.3 Å². The summed E-state index contributed by atoms with van der Waals surface area (Å²) in [5.74, 6) is -0.521. The maximum Gasteiger partial charge on any atom is 0.419 e. The third-order valence-corrected chi connectivity index (χ3v) is 4.80. The van der Waals surface area contributed by atoms with Crippen molar-refractivity contribution in [2.45, 2.75) is 32.2 Å². The Labute approximate surface area is 138 Å². The third-order valence-electron chi connectivity index (χ3n) is 3.47. The van der Waals surface area contributed by atoms with Crippen molar-refractivity contribution in [3.8, 4) is 0 Å². The lowest BCUT2D eigenvalue weighted by Crippen LogP contribution is -2.15. The van der Waals surface area contributed by atoms with Crippen molar-refractivity contribution in [1.82, 2.24) is 14.5 Å². The standard InChI is InChI=1S/C15H16N4O4S/c1-4-19-12-6-5-11(8-13(12)23-15(19)20)24(21,22)18-14-16-9(2)7-10(3)17-14/h5-8H,4H2,1-3H3,(H,16,17,18). The minimum absolute atomic E-state index is 0.000165. The van der Waals surface area contributed by atoms with Crippen LogP contribution in [0.5, 0.6) is 0 Å². The number of nitrogens with zero attached hydrogens (tertiary/aromatic N) is 3. The molecule has 0 aliphatic rings. The van der Waals surface area contributed by atoms with Gasteiger partial charge in [-0.1, -0.05) is 0 Å². The number of hydrogen-bond donors (Lipinski definition) is 1. The van der Waals surface area contributed by atoms with Crippen LogP contribution in [0, 0.1) is 13.8 Å². The van der Waals surface area contributed by atoms with E-state index in [1.165, 1.54) is 16.7 Å². The summed E-state index contributed by atoms with van der Waals surface area (Å²) in [6.07, 6.45) is 0. The fourth-order valence-corrected chi connectivity index (χ4v) is 3.42. The van der Waals surface area contributed by atoms with Crippen LogP contribution in [-0.2, 0) is 16.6 Å². The van der Waals surface area contributed by atoms with Gasteiger partial charge in [-0.05, 0) is 39.0 Å². The zero-order chi connectivity index (χ0) is 17.5. The zero-order valence-corrected chi connectivity index (χ0v) is 14.2. The molecule has 0 spiro atoms. The maximum absolute atomic E-state index is 12.5. The highest BCUT2D eigenvalue weighted by atomic mass is 32.2. The topological polar surface area (TPSA) is 107 Å². The number of oxazole rings is 1. The number of rotatable bonds is 4. The number of aromatic nitrogens is 3. The van der Waals surface area contributed by atoms with E-state index in [0.29, 0.717) is 23.4 Å². The molecule has 2 aromatic heterocycles. The van der Waals surface area contributed by atoms with Crippen molar-refractivity contribution < 1.29 is 12.8 Å². The van der Waals surface area contributed by atoms with Crippen molar-refractivity contribution in [2.75, 3.05) is 4.72 Å². The maximum atomic E-state index is 12.5. The Morgan fingerprint density at radius 1 is 1.17 bits per heavy atom. The third kappa shape index (κ3) is 2.90. The number of nitrogens with one attached hydrogen (secondary N) is 1. The summed E-state index contributed by atoms with van der Waals surface area (Å²) < 4.78 is 33.9. The van der Waals surface area contributed by atoms with Crippen LogP contribution in [0.2, 0.25) is 0 Å². The van der Waals surface area contributed by atoms with E-state index in [2.05, 4.69) is 14.7 Å². The number of anilines is 1. The second-order valence-electron chi connectivity index (χ2n) is 5.32. The molecule has 126 valence electrons. The molecule has 0 bridgehead atoms. The molecular formula is C15H16N4O4S. The molecule has 2 heterocycles. The smallest absolute Gasteiger partial charge is 0.408 e. The second-order valence-corrected chi connectivity index (χ2v) is 7.00. The Hall–Kier alpha value is -2.68. The Morgan fingerprint density at radius 2 is 1.83 bits per heavy atom. The molecule has 0 fully saturated rings. The number of fused-ring (bicyclic) bond motifs is 1. The minimum atomic E-state index is -3.89. The van der Waals surface area contributed by atoms with Crippen LogP contribution >= 0.6 is 0 Å². The Kier molecular flexibility index (Phi) is 3.88.